The SMILES string of the molecule is CCC(N)c1nc(-c2ccc(-c3cccc(F)c3)cn2)no1. The van der Waals surface area contributed by atoms with Crippen molar-refractivity contribution in [1.29, 1.82) is 0 Å². The molecule has 3 rings (SSSR count). The van der Waals surface area contributed by atoms with E-state index in [0.717, 1.165) is 11.1 Å². The molecule has 22 heavy (non-hydrogen) atoms. The predicted octanol–water partition coefficient (Wildman–Crippen LogP) is 3.35. The molecule has 2 heterocycles. The first-order chi connectivity index (χ1) is 10.7. The average Bonchev–Trinajstić information content (AvgIpc) is 3.04. The first-order valence-electron chi connectivity index (χ1n) is 6.99. The Morgan fingerprint density at radius 2 is 2.09 bits per heavy atom. The maximum atomic E-state index is 13.2. The van der Waals surface area contributed by atoms with Crippen molar-refractivity contribution in [2.45, 2.75) is 19.4 Å². The lowest BCUT2D eigenvalue weighted by Gasteiger charge is -2.02. The minimum absolute atomic E-state index is 0.271. The summed E-state index contributed by atoms with van der Waals surface area (Å²) >= 11 is 0. The summed E-state index contributed by atoms with van der Waals surface area (Å²) in [4.78, 5) is 8.55. The normalized spacial score (nSPS) is 12.3. The van der Waals surface area contributed by atoms with E-state index in [-0.39, 0.29) is 11.9 Å². The van der Waals surface area contributed by atoms with Crippen LogP contribution >= 0.6 is 0 Å². The van der Waals surface area contributed by atoms with Crippen molar-refractivity contribution in [2.75, 3.05) is 0 Å². The van der Waals surface area contributed by atoms with E-state index in [1.54, 1.807) is 18.3 Å². The Balaban J connectivity index is 1.86. The number of halogens is 1. The minimum Gasteiger partial charge on any atom is -0.337 e. The van der Waals surface area contributed by atoms with Gasteiger partial charge in [-0.1, -0.05) is 30.3 Å². The van der Waals surface area contributed by atoms with Crippen LogP contribution in [0.3, 0.4) is 0 Å². The first kappa shape index (κ1) is 14.3. The zero-order chi connectivity index (χ0) is 15.5. The molecule has 2 aromatic heterocycles. The monoisotopic (exact) mass is 298 g/mol. The molecule has 1 unspecified atom stereocenters. The van der Waals surface area contributed by atoms with Crippen molar-refractivity contribution in [1.82, 2.24) is 15.1 Å². The highest BCUT2D eigenvalue weighted by Crippen LogP contribution is 2.22. The van der Waals surface area contributed by atoms with Gasteiger partial charge < -0.3 is 10.3 Å². The van der Waals surface area contributed by atoms with Crippen LogP contribution in [0, 0.1) is 5.82 Å². The largest absolute Gasteiger partial charge is 0.337 e. The van der Waals surface area contributed by atoms with Gasteiger partial charge in [0.1, 0.15) is 11.5 Å². The molecule has 1 atom stereocenters. The second kappa shape index (κ2) is 6.03. The molecule has 3 aromatic rings. The first-order valence-corrected chi connectivity index (χ1v) is 6.99. The summed E-state index contributed by atoms with van der Waals surface area (Å²) in [5, 5.41) is 3.88. The molecule has 0 aliphatic rings. The third-order valence-electron chi connectivity index (χ3n) is 3.35. The van der Waals surface area contributed by atoms with Crippen molar-refractivity contribution in [3.05, 3.63) is 54.3 Å². The quantitative estimate of drug-likeness (QED) is 0.799. The van der Waals surface area contributed by atoms with E-state index in [2.05, 4.69) is 15.1 Å². The number of nitrogens with zero attached hydrogens (tertiary/aromatic N) is 3. The summed E-state index contributed by atoms with van der Waals surface area (Å²) < 4.78 is 18.4. The van der Waals surface area contributed by atoms with Gasteiger partial charge in [-0.2, -0.15) is 4.98 Å². The number of pyridine rings is 1. The fourth-order valence-electron chi connectivity index (χ4n) is 2.03. The Morgan fingerprint density at radius 1 is 1.23 bits per heavy atom. The lowest BCUT2D eigenvalue weighted by molar-refractivity contribution is 0.352. The number of nitrogens with two attached hydrogens (primary N) is 1. The fourth-order valence-corrected chi connectivity index (χ4v) is 2.03. The van der Waals surface area contributed by atoms with Crippen molar-refractivity contribution < 1.29 is 8.91 Å². The smallest absolute Gasteiger partial charge is 0.243 e. The molecule has 1 aromatic carbocycles. The highest BCUT2D eigenvalue weighted by molar-refractivity contribution is 5.64. The van der Waals surface area contributed by atoms with E-state index in [4.69, 9.17) is 10.3 Å². The lowest BCUT2D eigenvalue weighted by Crippen LogP contribution is -2.08. The summed E-state index contributed by atoms with van der Waals surface area (Å²) in [7, 11) is 0. The predicted molar refractivity (Wildman–Crippen MR) is 80.1 cm³/mol. The molecule has 6 heteroatoms. The van der Waals surface area contributed by atoms with Gasteiger partial charge in [0.15, 0.2) is 0 Å². The van der Waals surface area contributed by atoms with Gasteiger partial charge >= 0.3 is 0 Å². The summed E-state index contributed by atoms with van der Waals surface area (Å²) in [5.74, 6) is 0.510. The molecule has 5 nitrogen and oxygen atoms in total. The Kier molecular flexibility index (Phi) is 3.93. The Hall–Kier alpha value is -2.60. The van der Waals surface area contributed by atoms with Crippen LogP contribution in [0.2, 0.25) is 0 Å². The molecule has 0 radical (unpaired) electrons. The second-order valence-corrected chi connectivity index (χ2v) is 4.91. The van der Waals surface area contributed by atoms with Crippen molar-refractivity contribution >= 4 is 0 Å². The number of hydrogen-bond donors (Lipinski definition) is 1. The fraction of sp³-hybridized carbons (Fsp3) is 0.188. The molecule has 0 spiro atoms. The molecular formula is C16H15FN4O. The molecule has 112 valence electrons. The van der Waals surface area contributed by atoms with Gasteiger partial charge in [0, 0.05) is 11.8 Å². The van der Waals surface area contributed by atoms with Gasteiger partial charge in [0.05, 0.1) is 6.04 Å². The van der Waals surface area contributed by atoms with E-state index in [1.165, 1.54) is 12.1 Å². The topological polar surface area (TPSA) is 77.8 Å². The Labute approximate surface area is 127 Å². The van der Waals surface area contributed by atoms with Crippen molar-refractivity contribution in [2.24, 2.45) is 5.73 Å². The van der Waals surface area contributed by atoms with Crippen LogP contribution in [0.4, 0.5) is 4.39 Å². The number of aromatic nitrogens is 3. The van der Waals surface area contributed by atoms with Crippen LogP contribution in [0.1, 0.15) is 25.3 Å². The minimum atomic E-state index is -0.280. The van der Waals surface area contributed by atoms with Crippen LogP contribution in [0.5, 0.6) is 0 Å². The Morgan fingerprint density at radius 3 is 2.77 bits per heavy atom. The number of benzene rings is 1. The zero-order valence-corrected chi connectivity index (χ0v) is 12.0. The maximum Gasteiger partial charge on any atom is 0.243 e. The summed E-state index contributed by atoms with van der Waals surface area (Å²) in [6.45, 7) is 1.95. The second-order valence-electron chi connectivity index (χ2n) is 4.91. The lowest BCUT2D eigenvalue weighted by atomic mass is 10.1. The summed E-state index contributed by atoms with van der Waals surface area (Å²) in [6, 6.07) is 9.70. The van der Waals surface area contributed by atoms with E-state index in [1.807, 2.05) is 19.1 Å². The summed E-state index contributed by atoms with van der Waals surface area (Å²) in [6.07, 6.45) is 2.37. The third-order valence-corrected chi connectivity index (χ3v) is 3.35. The highest BCUT2D eigenvalue weighted by Gasteiger charge is 2.14. The van der Waals surface area contributed by atoms with Gasteiger partial charge in [0.25, 0.3) is 0 Å². The van der Waals surface area contributed by atoms with E-state index in [0.29, 0.717) is 23.8 Å². The van der Waals surface area contributed by atoms with Gasteiger partial charge in [-0.05, 0) is 30.2 Å². The van der Waals surface area contributed by atoms with E-state index >= 15 is 0 Å². The zero-order valence-electron chi connectivity index (χ0n) is 12.0. The number of rotatable bonds is 4. The Bertz CT molecular complexity index is 770. The molecule has 0 aliphatic heterocycles. The average molecular weight is 298 g/mol. The molecular weight excluding hydrogens is 283 g/mol. The van der Waals surface area contributed by atoms with Crippen LogP contribution in [0.15, 0.2) is 47.1 Å². The molecule has 0 saturated heterocycles. The van der Waals surface area contributed by atoms with Crippen LogP contribution in [-0.4, -0.2) is 15.1 Å². The molecule has 0 saturated carbocycles. The van der Waals surface area contributed by atoms with Crippen molar-refractivity contribution in [3.63, 3.8) is 0 Å². The third kappa shape index (κ3) is 2.87. The molecule has 0 amide bonds. The highest BCUT2D eigenvalue weighted by atomic mass is 19.1. The molecule has 0 fully saturated rings. The number of hydrogen-bond acceptors (Lipinski definition) is 5. The standard InChI is InChI=1S/C16H15FN4O/c1-2-13(18)16-20-15(21-22-16)14-7-6-11(9-19-14)10-4-3-5-12(17)8-10/h3-9,13H,2,18H2,1H3. The van der Waals surface area contributed by atoms with Crippen LogP contribution < -0.4 is 5.73 Å². The summed E-state index contributed by atoms with van der Waals surface area (Å²) in [5.41, 5.74) is 8.01. The molecule has 0 bridgehead atoms. The van der Waals surface area contributed by atoms with E-state index in [9.17, 15) is 4.39 Å². The van der Waals surface area contributed by atoms with Crippen LogP contribution in [0.25, 0.3) is 22.6 Å². The van der Waals surface area contributed by atoms with Crippen LogP contribution in [-0.2, 0) is 0 Å². The van der Waals surface area contributed by atoms with Gasteiger partial charge in [0.2, 0.25) is 11.7 Å². The maximum absolute atomic E-state index is 13.2. The van der Waals surface area contributed by atoms with Crippen molar-refractivity contribution in [3.8, 4) is 22.6 Å². The van der Waals surface area contributed by atoms with E-state index < -0.39 is 0 Å². The van der Waals surface area contributed by atoms with Gasteiger partial charge in [-0.15, -0.1) is 0 Å². The molecule has 0 aliphatic carbocycles. The van der Waals surface area contributed by atoms with Gasteiger partial charge in [-0.3, -0.25) is 4.98 Å². The molecule has 2 N–H and O–H groups in total. The van der Waals surface area contributed by atoms with Gasteiger partial charge in [-0.25, -0.2) is 4.39 Å².